The van der Waals surface area contributed by atoms with Gasteiger partial charge in [0.25, 0.3) is 0 Å². The Hall–Kier alpha value is -6.67. The molecule has 0 unspecified atom stereocenters. The van der Waals surface area contributed by atoms with Crippen LogP contribution < -0.4 is 0 Å². The molecule has 264 valence electrons. The van der Waals surface area contributed by atoms with Crippen molar-refractivity contribution in [3.8, 4) is 66.8 Å². The zero-order valence-electron chi connectivity index (χ0n) is 31.1. The second-order valence-electron chi connectivity index (χ2n) is 14.7. The molecule has 0 atom stereocenters. The summed E-state index contributed by atoms with van der Waals surface area (Å²) < 4.78 is 0. The van der Waals surface area contributed by atoms with Crippen molar-refractivity contribution in [1.82, 2.24) is 0 Å². The molecule has 0 saturated heterocycles. The Labute approximate surface area is 333 Å². The quantitative estimate of drug-likeness (QED) is 0.128. The van der Waals surface area contributed by atoms with Gasteiger partial charge in [-0.2, -0.15) is 0 Å². The highest BCUT2D eigenvalue weighted by atomic mass is 32.1. The topological polar surface area (TPSA) is 0 Å². The fourth-order valence-corrected chi connectivity index (χ4v) is 8.80. The van der Waals surface area contributed by atoms with Crippen LogP contribution in [0.5, 0.6) is 0 Å². The van der Waals surface area contributed by atoms with E-state index in [0.717, 1.165) is 27.1 Å². The number of hydrogen-bond acceptors (Lipinski definition) is 1. The smallest absolute Gasteiger partial charge is 0.0198 e. The van der Waals surface area contributed by atoms with Crippen molar-refractivity contribution in [1.29, 1.82) is 0 Å². The Morgan fingerprint density at radius 1 is 0.250 bits per heavy atom. The lowest BCUT2D eigenvalue weighted by Crippen LogP contribution is -1.92. The van der Waals surface area contributed by atoms with E-state index in [4.69, 9.17) is 12.6 Å². The maximum Gasteiger partial charge on any atom is 0.0198 e. The summed E-state index contributed by atoms with van der Waals surface area (Å²) in [6, 6.07) is 75.1. The Bertz CT molecular complexity index is 3050. The molecule has 10 aromatic rings. The SMILES string of the molecule is Cc1ccccc1-c1cc(-c2cccc(-c3ccc(-c4ccccc4)cc3)c2)cc(-c2cccc(-c3ccc4c5ccccc5c5ccccc5c4c3)c2)c1S. The first-order valence-corrected chi connectivity index (χ1v) is 19.7. The predicted octanol–water partition coefficient (Wildman–Crippen LogP) is 15.7. The third-order valence-corrected chi connectivity index (χ3v) is 11.8. The van der Waals surface area contributed by atoms with Crippen LogP contribution in [0.3, 0.4) is 0 Å². The summed E-state index contributed by atoms with van der Waals surface area (Å²) in [7, 11) is 0. The average Bonchev–Trinajstić information content (AvgIpc) is 3.27. The van der Waals surface area contributed by atoms with Gasteiger partial charge in [0.1, 0.15) is 0 Å². The minimum absolute atomic E-state index is 0.976. The molecule has 0 aliphatic rings. The molecule has 0 bridgehead atoms. The van der Waals surface area contributed by atoms with Crippen LogP contribution in [0, 0.1) is 6.92 Å². The van der Waals surface area contributed by atoms with Gasteiger partial charge in [-0.15, -0.1) is 12.6 Å². The molecule has 0 nitrogen and oxygen atoms in total. The lowest BCUT2D eigenvalue weighted by atomic mass is 9.89. The Morgan fingerprint density at radius 3 is 1.32 bits per heavy atom. The molecule has 0 N–H and O–H groups in total. The van der Waals surface area contributed by atoms with Gasteiger partial charge in [0.2, 0.25) is 0 Å². The van der Waals surface area contributed by atoms with E-state index in [1.165, 1.54) is 82.4 Å². The summed E-state index contributed by atoms with van der Waals surface area (Å²) in [5, 5.41) is 7.70. The summed E-state index contributed by atoms with van der Waals surface area (Å²) in [6.45, 7) is 2.18. The molecule has 0 radical (unpaired) electrons. The zero-order valence-corrected chi connectivity index (χ0v) is 32.0. The first-order valence-electron chi connectivity index (χ1n) is 19.2. The third-order valence-electron chi connectivity index (χ3n) is 11.3. The van der Waals surface area contributed by atoms with E-state index in [0.29, 0.717) is 0 Å². The van der Waals surface area contributed by atoms with Crippen LogP contribution in [0.1, 0.15) is 5.56 Å². The van der Waals surface area contributed by atoms with Crippen molar-refractivity contribution in [3.63, 3.8) is 0 Å². The fourth-order valence-electron chi connectivity index (χ4n) is 8.42. The number of fused-ring (bicyclic) bond motifs is 6. The van der Waals surface area contributed by atoms with Gasteiger partial charge < -0.3 is 0 Å². The van der Waals surface area contributed by atoms with Crippen LogP contribution in [0.4, 0.5) is 0 Å². The van der Waals surface area contributed by atoms with E-state index < -0.39 is 0 Å². The van der Waals surface area contributed by atoms with E-state index >= 15 is 0 Å². The van der Waals surface area contributed by atoms with E-state index in [1.807, 2.05) is 0 Å². The van der Waals surface area contributed by atoms with Gasteiger partial charge in [-0.1, -0.05) is 176 Å². The summed E-state index contributed by atoms with van der Waals surface area (Å²) >= 11 is 5.30. The standard InChI is InChI=1S/C55H38S/c1-36-13-5-6-20-46(36)54-35-45(42-18-11-16-40(31-42)39-27-25-38(26-28-39)37-14-3-2-4-15-37)34-52(55(54)56)44-19-12-17-41(32-44)43-29-30-51-49-23-8-7-21-47(49)48-22-9-10-24-50(48)53(51)33-43/h2-35,56H,1H3. The van der Waals surface area contributed by atoms with Gasteiger partial charge in [-0.25, -0.2) is 0 Å². The van der Waals surface area contributed by atoms with E-state index in [1.54, 1.807) is 0 Å². The highest BCUT2D eigenvalue weighted by molar-refractivity contribution is 7.80. The minimum atomic E-state index is 0.976. The molecular formula is C55H38S. The molecule has 0 aliphatic carbocycles. The molecular weight excluding hydrogens is 693 g/mol. The third kappa shape index (κ3) is 6.07. The Morgan fingerprint density at radius 2 is 0.661 bits per heavy atom. The van der Waals surface area contributed by atoms with Gasteiger partial charge in [0.15, 0.2) is 0 Å². The summed E-state index contributed by atoms with van der Waals surface area (Å²) in [5.41, 5.74) is 15.3. The van der Waals surface area contributed by atoms with Crippen LogP contribution in [0.15, 0.2) is 211 Å². The normalized spacial score (nSPS) is 11.4. The van der Waals surface area contributed by atoms with Gasteiger partial charge in [0, 0.05) is 4.90 Å². The van der Waals surface area contributed by atoms with Gasteiger partial charge in [-0.3, -0.25) is 0 Å². The van der Waals surface area contributed by atoms with Crippen LogP contribution in [-0.2, 0) is 0 Å². The molecule has 1 heteroatoms. The van der Waals surface area contributed by atoms with E-state index in [9.17, 15) is 0 Å². The van der Waals surface area contributed by atoms with Crippen molar-refractivity contribution in [2.24, 2.45) is 0 Å². The summed E-state index contributed by atoms with van der Waals surface area (Å²) in [5.74, 6) is 0. The molecule has 0 aromatic heterocycles. The monoisotopic (exact) mass is 730 g/mol. The van der Waals surface area contributed by atoms with Gasteiger partial charge in [0.05, 0.1) is 0 Å². The number of rotatable bonds is 6. The van der Waals surface area contributed by atoms with Crippen molar-refractivity contribution < 1.29 is 0 Å². The first kappa shape index (κ1) is 33.9. The Kier molecular flexibility index (Phi) is 8.58. The molecule has 56 heavy (non-hydrogen) atoms. The van der Waals surface area contributed by atoms with Gasteiger partial charge >= 0.3 is 0 Å². The second-order valence-corrected chi connectivity index (χ2v) is 15.1. The number of thiol groups is 1. The molecule has 0 aliphatic heterocycles. The van der Waals surface area contributed by atoms with E-state index in [2.05, 4.69) is 213 Å². The summed E-state index contributed by atoms with van der Waals surface area (Å²) in [4.78, 5) is 0.976. The maximum absolute atomic E-state index is 5.30. The largest absolute Gasteiger partial charge is 0.142 e. The van der Waals surface area contributed by atoms with Crippen molar-refractivity contribution in [2.75, 3.05) is 0 Å². The average molecular weight is 731 g/mol. The fraction of sp³-hybridized carbons (Fsp3) is 0.0182. The zero-order chi connectivity index (χ0) is 37.6. The molecule has 0 saturated carbocycles. The van der Waals surface area contributed by atoms with Crippen LogP contribution in [0.2, 0.25) is 0 Å². The van der Waals surface area contributed by atoms with Crippen molar-refractivity contribution in [2.45, 2.75) is 11.8 Å². The molecule has 0 amide bonds. The van der Waals surface area contributed by atoms with Crippen molar-refractivity contribution in [3.05, 3.63) is 212 Å². The number of benzene rings is 10. The molecule has 10 aromatic carbocycles. The number of aryl methyl sites for hydroxylation is 1. The lowest BCUT2D eigenvalue weighted by Gasteiger charge is -2.18. The van der Waals surface area contributed by atoms with Crippen LogP contribution in [-0.4, -0.2) is 0 Å². The minimum Gasteiger partial charge on any atom is -0.142 e. The molecule has 0 heterocycles. The predicted molar refractivity (Wildman–Crippen MR) is 244 cm³/mol. The molecule has 10 rings (SSSR count). The summed E-state index contributed by atoms with van der Waals surface area (Å²) in [6.07, 6.45) is 0. The van der Waals surface area contributed by atoms with E-state index in [-0.39, 0.29) is 0 Å². The Balaban J connectivity index is 1.09. The first-order chi connectivity index (χ1) is 27.6. The van der Waals surface area contributed by atoms with Crippen molar-refractivity contribution >= 4 is 44.9 Å². The van der Waals surface area contributed by atoms with Crippen LogP contribution >= 0.6 is 12.6 Å². The second kappa shape index (κ2) is 14.2. The highest BCUT2D eigenvalue weighted by Gasteiger charge is 2.16. The highest BCUT2D eigenvalue weighted by Crippen LogP contribution is 2.43. The van der Waals surface area contributed by atoms with Crippen LogP contribution in [0.25, 0.3) is 99.1 Å². The lowest BCUT2D eigenvalue weighted by molar-refractivity contribution is 1.39. The van der Waals surface area contributed by atoms with Gasteiger partial charge in [-0.05, 0) is 142 Å². The molecule has 0 fully saturated rings. The maximum atomic E-state index is 5.30. The molecule has 0 spiro atoms. The number of hydrogen-bond donors (Lipinski definition) is 1.